The molecule has 3 rings (SSSR count). The van der Waals surface area contributed by atoms with Gasteiger partial charge in [-0.05, 0) is 24.3 Å². The Morgan fingerprint density at radius 1 is 0.800 bits per heavy atom. The Morgan fingerprint density at radius 3 is 2.20 bits per heavy atom. The Morgan fingerprint density at radius 2 is 1.45 bits per heavy atom. The molecular formula is C17H12FNO. The summed E-state index contributed by atoms with van der Waals surface area (Å²) in [5, 5.41) is 4.01. The Balaban J connectivity index is 2.00. The minimum absolute atomic E-state index is 0.206. The molecule has 3 aromatic carbocycles. The normalized spacial score (nSPS) is 10.4. The molecule has 98 valence electrons. The summed E-state index contributed by atoms with van der Waals surface area (Å²) in [7, 11) is 0. The lowest BCUT2D eigenvalue weighted by molar-refractivity contribution is 0.102. The fourth-order valence-corrected chi connectivity index (χ4v) is 2.16. The Kier molecular flexibility index (Phi) is 3.17. The van der Waals surface area contributed by atoms with Crippen LogP contribution in [0.4, 0.5) is 10.1 Å². The molecule has 0 fully saturated rings. The highest BCUT2D eigenvalue weighted by atomic mass is 19.1. The molecular weight excluding hydrogens is 253 g/mol. The second kappa shape index (κ2) is 5.13. The predicted molar refractivity (Wildman–Crippen MR) is 78.3 cm³/mol. The van der Waals surface area contributed by atoms with Gasteiger partial charge in [0.15, 0.2) is 0 Å². The first-order valence-corrected chi connectivity index (χ1v) is 6.29. The number of rotatable bonds is 2. The van der Waals surface area contributed by atoms with Crippen molar-refractivity contribution in [2.45, 2.75) is 0 Å². The van der Waals surface area contributed by atoms with E-state index in [2.05, 4.69) is 5.32 Å². The van der Waals surface area contributed by atoms with Gasteiger partial charge in [0.1, 0.15) is 5.82 Å². The van der Waals surface area contributed by atoms with Crippen LogP contribution in [0.5, 0.6) is 0 Å². The van der Waals surface area contributed by atoms with E-state index in [4.69, 9.17) is 0 Å². The summed E-state index contributed by atoms with van der Waals surface area (Å²) in [6, 6.07) is 19.0. The molecule has 3 heteroatoms. The summed E-state index contributed by atoms with van der Waals surface area (Å²) in [6.45, 7) is 0. The Hall–Kier alpha value is -2.68. The summed E-state index contributed by atoms with van der Waals surface area (Å²) >= 11 is 0. The number of nitrogens with one attached hydrogen (secondary N) is 1. The first kappa shape index (κ1) is 12.4. The second-order valence-electron chi connectivity index (χ2n) is 4.46. The van der Waals surface area contributed by atoms with Gasteiger partial charge in [0.2, 0.25) is 0 Å². The largest absolute Gasteiger partial charge is 0.321 e. The molecule has 0 unspecified atom stereocenters. The van der Waals surface area contributed by atoms with Crippen LogP contribution in [0.3, 0.4) is 0 Å². The van der Waals surface area contributed by atoms with Crippen LogP contribution in [-0.4, -0.2) is 5.91 Å². The molecule has 20 heavy (non-hydrogen) atoms. The van der Waals surface area contributed by atoms with Crippen LogP contribution in [-0.2, 0) is 0 Å². The standard InChI is InChI=1S/C17H12FNO/c18-15-10-11-16(14-9-5-4-8-13(14)15)19-17(20)12-6-2-1-3-7-12/h1-11H,(H,19,20). The van der Waals surface area contributed by atoms with Crippen LogP contribution in [0.2, 0.25) is 0 Å². The number of anilines is 1. The summed E-state index contributed by atoms with van der Waals surface area (Å²) in [6.07, 6.45) is 0. The van der Waals surface area contributed by atoms with E-state index in [-0.39, 0.29) is 11.7 Å². The van der Waals surface area contributed by atoms with E-state index in [0.717, 1.165) is 0 Å². The molecule has 1 N–H and O–H groups in total. The minimum atomic E-state index is -0.293. The van der Waals surface area contributed by atoms with Crippen molar-refractivity contribution >= 4 is 22.4 Å². The van der Waals surface area contributed by atoms with Crippen molar-refractivity contribution < 1.29 is 9.18 Å². The number of halogens is 1. The smallest absolute Gasteiger partial charge is 0.255 e. The first-order valence-electron chi connectivity index (χ1n) is 6.29. The molecule has 0 radical (unpaired) electrons. The van der Waals surface area contributed by atoms with Gasteiger partial charge in [-0.25, -0.2) is 4.39 Å². The van der Waals surface area contributed by atoms with E-state index in [0.29, 0.717) is 22.0 Å². The van der Waals surface area contributed by atoms with Crippen LogP contribution in [0.25, 0.3) is 10.8 Å². The molecule has 0 spiro atoms. The number of fused-ring (bicyclic) bond motifs is 1. The van der Waals surface area contributed by atoms with E-state index in [1.807, 2.05) is 12.1 Å². The molecule has 0 aliphatic carbocycles. The molecule has 0 saturated carbocycles. The quantitative estimate of drug-likeness (QED) is 0.738. The molecule has 0 aliphatic heterocycles. The summed E-state index contributed by atoms with van der Waals surface area (Å²) in [5.74, 6) is -0.499. The maximum Gasteiger partial charge on any atom is 0.255 e. The van der Waals surface area contributed by atoms with Crippen LogP contribution in [0.1, 0.15) is 10.4 Å². The molecule has 3 aromatic rings. The number of carbonyl (C=O) groups is 1. The van der Waals surface area contributed by atoms with Gasteiger partial charge in [0, 0.05) is 22.0 Å². The zero-order chi connectivity index (χ0) is 13.9. The average molecular weight is 265 g/mol. The van der Waals surface area contributed by atoms with Gasteiger partial charge in [0.25, 0.3) is 5.91 Å². The van der Waals surface area contributed by atoms with E-state index < -0.39 is 0 Å². The minimum Gasteiger partial charge on any atom is -0.321 e. The second-order valence-corrected chi connectivity index (χ2v) is 4.46. The fraction of sp³-hybridized carbons (Fsp3) is 0. The number of benzene rings is 3. The van der Waals surface area contributed by atoms with E-state index in [1.165, 1.54) is 6.07 Å². The fourth-order valence-electron chi connectivity index (χ4n) is 2.16. The molecule has 2 nitrogen and oxygen atoms in total. The zero-order valence-corrected chi connectivity index (χ0v) is 10.6. The SMILES string of the molecule is O=C(Nc1ccc(F)c2ccccc12)c1ccccc1. The van der Waals surface area contributed by atoms with Gasteiger partial charge in [-0.2, -0.15) is 0 Å². The van der Waals surface area contributed by atoms with Crippen LogP contribution in [0.15, 0.2) is 66.7 Å². The van der Waals surface area contributed by atoms with Crippen LogP contribution in [0, 0.1) is 5.82 Å². The van der Waals surface area contributed by atoms with Gasteiger partial charge < -0.3 is 5.32 Å². The lowest BCUT2D eigenvalue weighted by atomic mass is 10.1. The van der Waals surface area contributed by atoms with Crippen molar-refractivity contribution in [3.8, 4) is 0 Å². The monoisotopic (exact) mass is 265 g/mol. The van der Waals surface area contributed by atoms with Crippen molar-refractivity contribution in [2.24, 2.45) is 0 Å². The van der Waals surface area contributed by atoms with E-state index >= 15 is 0 Å². The molecule has 0 atom stereocenters. The van der Waals surface area contributed by atoms with Gasteiger partial charge in [0.05, 0.1) is 0 Å². The van der Waals surface area contributed by atoms with Gasteiger partial charge in [-0.15, -0.1) is 0 Å². The van der Waals surface area contributed by atoms with Gasteiger partial charge >= 0.3 is 0 Å². The van der Waals surface area contributed by atoms with Crippen LogP contribution >= 0.6 is 0 Å². The average Bonchev–Trinajstić information content (AvgIpc) is 2.51. The number of hydrogen-bond donors (Lipinski definition) is 1. The van der Waals surface area contributed by atoms with Crippen molar-refractivity contribution in [1.82, 2.24) is 0 Å². The predicted octanol–water partition coefficient (Wildman–Crippen LogP) is 4.23. The van der Waals surface area contributed by atoms with Crippen LogP contribution < -0.4 is 5.32 Å². The zero-order valence-electron chi connectivity index (χ0n) is 10.6. The maximum absolute atomic E-state index is 13.7. The summed E-state index contributed by atoms with van der Waals surface area (Å²) < 4.78 is 13.7. The van der Waals surface area contributed by atoms with Crippen molar-refractivity contribution in [2.75, 3.05) is 5.32 Å². The van der Waals surface area contributed by atoms with Gasteiger partial charge in [-0.3, -0.25) is 4.79 Å². The first-order chi connectivity index (χ1) is 9.75. The number of hydrogen-bond acceptors (Lipinski definition) is 1. The maximum atomic E-state index is 13.7. The third-order valence-electron chi connectivity index (χ3n) is 3.16. The number of amides is 1. The molecule has 1 amide bonds. The van der Waals surface area contributed by atoms with Crippen molar-refractivity contribution in [3.63, 3.8) is 0 Å². The van der Waals surface area contributed by atoms with Gasteiger partial charge in [-0.1, -0.05) is 42.5 Å². The Labute approximate surface area is 115 Å². The lowest BCUT2D eigenvalue weighted by Crippen LogP contribution is -2.12. The summed E-state index contributed by atoms with van der Waals surface area (Å²) in [4.78, 5) is 12.1. The van der Waals surface area contributed by atoms with Crippen molar-refractivity contribution in [1.29, 1.82) is 0 Å². The molecule has 0 aromatic heterocycles. The Bertz CT molecular complexity index is 768. The highest BCUT2D eigenvalue weighted by Gasteiger charge is 2.09. The number of carbonyl (C=O) groups excluding carboxylic acids is 1. The lowest BCUT2D eigenvalue weighted by Gasteiger charge is -2.09. The highest BCUT2D eigenvalue weighted by molar-refractivity contribution is 6.09. The third-order valence-corrected chi connectivity index (χ3v) is 3.16. The van der Waals surface area contributed by atoms with E-state index in [1.54, 1.807) is 48.5 Å². The molecule has 0 saturated heterocycles. The summed E-state index contributed by atoms with van der Waals surface area (Å²) in [5.41, 5.74) is 1.18. The van der Waals surface area contributed by atoms with Crippen molar-refractivity contribution in [3.05, 3.63) is 78.1 Å². The molecule has 0 aliphatic rings. The van der Waals surface area contributed by atoms with E-state index in [9.17, 15) is 9.18 Å². The molecule has 0 heterocycles. The topological polar surface area (TPSA) is 29.1 Å². The third kappa shape index (κ3) is 2.26. The highest BCUT2D eigenvalue weighted by Crippen LogP contribution is 2.26. The molecule has 0 bridgehead atoms.